The molecule has 10 nitrogen and oxygen atoms in total. The zero-order valence-corrected chi connectivity index (χ0v) is 15.5. The molecule has 1 heterocycles. The molecule has 0 aliphatic carbocycles. The molecule has 0 unspecified atom stereocenters. The summed E-state index contributed by atoms with van der Waals surface area (Å²) < 4.78 is 14.3. The maximum absolute atomic E-state index is 12.4. The molecule has 28 heavy (non-hydrogen) atoms. The lowest BCUT2D eigenvalue weighted by molar-refractivity contribution is -0.123. The van der Waals surface area contributed by atoms with E-state index in [1.807, 2.05) is 5.32 Å². The predicted molar refractivity (Wildman–Crippen MR) is 93.7 cm³/mol. The number of nitrogens with one attached hydrogen (secondary N) is 1. The van der Waals surface area contributed by atoms with Crippen molar-refractivity contribution in [2.45, 2.75) is 13.3 Å². The fourth-order valence-electron chi connectivity index (χ4n) is 2.52. The Morgan fingerprint density at radius 2 is 1.79 bits per heavy atom. The quantitative estimate of drug-likeness (QED) is 0.390. The smallest absolute Gasteiger partial charge is 0.413 e. The van der Waals surface area contributed by atoms with Crippen molar-refractivity contribution in [1.29, 1.82) is 0 Å². The van der Waals surface area contributed by atoms with Gasteiger partial charge in [-0.05, 0) is 31.5 Å². The van der Waals surface area contributed by atoms with Crippen molar-refractivity contribution < 1.29 is 38.2 Å². The summed E-state index contributed by atoms with van der Waals surface area (Å²) in [6.45, 7) is 1.56. The lowest BCUT2D eigenvalue weighted by atomic mass is 10.1. The number of ether oxygens (including phenoxy) is 3. The van der Waals surface area contributed by atoms with E-state index in [-0.39, 0.29) is 29.8 Å². The van der Waals surface area contributed by atoms with Crippen LogP contribution in [-0.4, -0.2) is 68.2 Å². The molecule has 1 aliphatic rings. The maximum Gasteiger partial charge on any atom is 0.413 e. The number of nitrogens with zero attached hydrogens (tertiary/aromatic N) is 1. The molecule has 1 aromatic carbocycles. The average Bonchev–Trinajstić information content (AvgIpc) is 2.90. The number of hydrogen-bond donors (Lipinski definition) is 1. The Morgan fingerprint density at radius 3 is 2.46 bits per heavy atom. The highest BCUT2D eigenvalue weighted by molar-refractivity contribution is 6.22. The molecule has 2 rings (SSSR count). The largest absolute Gasteiger partial charge is 0.452 e. The first kappa shape index (κ1) is 21.0. The first-order valence-corrected chi connectivity index (χ1v) is 8.52. The fourth-order valence-corrected chi connectivity index (χ4v) is 2.52. The van der Waals surface area contributed by atoms with Crippen LogP contribution in [0.5, 0.6) is 0 Å². The summed E-state index contributed by atoms with van der Waals surface area (Å²) in [6, 6.07) is 3.94. The number of hydrogen-bond acceptors (Lipinski definition) is 8. The van der Waals surface area contributed by atoms with Crippen molar-refractivity contribution >= 4 is 29.8 Å². The van der Waals surface area contributed by atoms with Crippen molar-refractivity contribution in [2.24, 2.45) is 0 Å². The molecule has 1 aromatic rings. The summed E-state index contributed by atoms with van der Waals surface area (Å²) in [4.78, 5) is 60.5. The van der Waals surface area contributed by atoms with E-state index in [0.717, 1.165) is 4.90 Å². The van der Waals surface area contributed by atoms with Gasteiger partial charge in [-0.3, -0.25) is 24.6 Å². The number of rotatable bonds is 8. The van der Waals surface area contributed by atoms with Gasteiger partial charge in [0.15, 0.2) is 6.61 Å². The third-order valence-corrected chi connectivity index (χ3v) is 3.79. The van der Waals surface area contributed by atoms with Gasteiger partial charge in [-0.1, -0.05) is 0 Å². The van der Waals surface area contributed by atoms with Gasteiger partial charge >= 0.3 is 12.1 Å². The van der Waals surface area contributed by atoms with Crippen molar-refractivity contribution in [3.05, 3.63) is 34.9 Å². The number of alkyl carbamates (subject to hydrolysis) is 1. The summed E-state index contributed by atoms with van der Waals surface area (Å²) in [7, 11) is 1.52. The van der Waals surface area contributed by atoms with E-state index >= 15 is 0 Å². The second kappa shape index (κ2) is 9.60. The van der Waals surface area contributed by atoms with Crippen LogP contribution in [0.3, 0.4) is 0 Å². The van der Waals surface area contributed by atoms with E-state index in [9.17, 15) is 24.0 Å². The van der Waals surface area contributed by atoms with Gasteiger partial charge in [0.05, 0.1) is 23.3 Å². The standard InChI is InChI=1S/C18H20N2O8/c1-3-27-18(25)19-14(21)10-28-17(24)11-5-6-12-13(9-11)16(23)20(15(12)22)7-4-8-26-2/h5-6,9H,3-4,7-8,10H2,1-2H3,(H,19,21,25). The molecule has 4 amide bonds. The molecule has 0 radical (unpaired) electrons. The normalized spacial score (nSPS) is 12.6. The molecular weight excluding hydrogens is 372 g/mol. The SMILES string of the molecule is CCOC(=O)NC(=O)COC(=O)c1ccc2c(c1)C(=O)N(CCCOC)C2=O. The second-order valence-electron chi connectivity index (χ2n) is 5.71. The predicted octanol–water partition coefficient (Wildman–Crippen LogP) is 0.749. The Bertz CT molecular complexity index is 805. The third kappa shape index (κ3) is 4.92. The number of esters is 1. The van der Waals surface area contributed by atoms with Gasteiger partial charge in [-0.25, -0.2) is 9.59 Å². The first-order chi connectivity index (χ1) is 13.4. The van der Waals surface area contributed by atoms with Gasteiger partial charge in [-0.2, -0.15) is 0 Å². The van der Waals surface area contributed by atoms with Crippen LogP contribution in [0.4, 0.5) is 4.79 Å². The minimum atomic E-state index is -0.946. The summed E-state index contributed by atoms with van der Waals surface area (Å²) in [5.74, 6) is -2.68. The average molecular weight is 392 g/mol. The van der Waals surface area contributed by atoms with Crippen LogP contribution in [0.1, 0.15) is 44.4 Å². The number of carbonyl (C=O) groups excluding carboxylic acids is 5. The third-order valence-electron chi connectivity index (χ3n) is 3.79. The van der Waals surface area contributed by atoms with Crippen molar-refractivity contribution in [3.8, 4) is 0 Å². The van der Waals surface area contributed by atoms with Gasteiger partial charge in [-0.15, -0.1) is 0 Å². The molecule has 0 fully saturated rings. The maximum atomic E-state index is 12.4. The molecular formula is C18H20N2O8. The van der Waals surface area contributed by atoms with Crippen LogP contribution in [-0.2, 0) is 19.0 Å². The highest BCUT2D eigenvalue weighted by Gasteiger charge is 2.35. The monoisotopic (exact) mass is 392 g/mol. The summed E-state index contributed by atoms with van der Waals surface area (Å²) >= 11 is 0. The molecule has 1 aliphatic heterocycles. The number of amides is 4. The van der Waals surface area contributed by atoms with Gasteiger partial charge in [0.25, 0.3) is 17.7 Å². The lowest BCUT2D eigenvalue weighted by Gasteiger charge is -2.12. The van der Waals surface area contributed by atoms with Crippen LogP contribution < -0.4 is 5.32 Å². The summed E-state index contributed by atoms with van der Waals surface area (Å²) in [6.07, 6.45) is -0.453. The molecule has 0 spiro atoms. The summed E-state index contributed by atoms with van der Waals surface area (Å²) in [5.41, 5.74) is 0.287. The Balaban J connectivity index is 1.99. The number of fused-ring (bicyclic) bond motifs is 1. The van der Waals surface area contributed by atoms with Gasteiger partial charge in [0, 0.05) is 20.3 Å². The van der Waals surface area contributed by atoms with E-state index < -0.39 is 36.4 Å². The molecule has 10 heteroatoms. The number of carbonyl (C=O) groups is 5. The lowest BCUT2D eigenvalue weighted by Crippen LogP contribution is -2.34. The van der Waals surface area contributed by atoms with Crippen molar-refractivity contribution in [1.82, 2.24) is 10.2 Å². The number of methoxy groups -OCH3 is 1. The highest BCUT2D eigenvalue weighted by atomic mass is 16.6. The molecule has 0 atom stereocenters. The Hall–Kier alpha value is -3.27. The van der Waals surface area contributed by atoms with Crippen LogP contribution in [0.2, 0.25) is 0 Å². The molecule has 0 bridgehead atoms. The van der Waals surface area contributed by atoms with E-state index in [0.29, 0.717) is 13.0 Å². The highest BCUT2D eigenvalue weighted by Crippen LogP contribution is 2.24. The zero-order valence-electron chi connectivity index (χ0n) is 15.5. The van der Waals surface area contributed by atoms with Crippen LogP contribution in [0, 0.1) is 0 Å². The van der Waals surface area contributed by atoms with Crippen LogP contribution in [0.25, 0.3) is 0 Å². The Labute approximate surface area is 160 Å². The number of benzene rings is 1. The van der Waals surface area contributed by atoms with E-state index in [4.69, 9.17) is 9.47 Å². The minimum Gasteiger partial charge on any atom is -0.452 e. The van der Waals surface area contributed by atoms with E-state index in [1.165, 1.54) is 25.3 Å². The zero-order chi connectivity index (χ0) is 20.7. The molecule has 0 saturated heterocycles. The van der Waals surface area contributed by atoms with Crippen molar-refractivity contribution in [3.63, 3.8) is 0 Å². The van der Waals surface area contributed by atoms with Crippen molar-refractivity contribution in [2.75, 3.05) is 33.5 Å². The number of imide groups is 2. The van der Waals surface area contributed by atoms with E-state index in [2.05, 4.69) is 4.74 Å². The topological polar surface area (TPSA) is 128 Å². The molecule has 0 aromatic heterocycles. The van der Waals surface area contributed by atoms with E-state index in [1.54, 1.807) is 6.92 Å². The Morgan fingerprint density at radius 1 is 1.07 bits per heavy atom. The first-order valence-electron chi connectivity index (χ1n) is 8.52. The molecule has 1 N–H and O–H groups in total. The Kier molecular flexibility index (Phi) is 7.21. The van der Waals surface area contributed by atoms with Gasteiger partial charge in [0.1, 0.15) is 0 Å². The summed E-state index contributed by atoms with van der Waals surface area (Å²) in [5, 5.41) is 1.88. The molecule has 0 saturated carbocycles. The van der Waals surface area contributed by atoms with Crippen LogP contribution >= 0.6 is 0 Å². The minimum absolute atomic E-state index is 0.00239. The van der Waals surface area contributed by atoms with Crippen LogP contribution in [0.15, 0.2) is 18.2 Å². The molecule has 150 valence electrons. The fraction of sp³-hybridized carbons (Fsp3) is 0.389. The van der Waals surface area contributed by atoms with Gasteiger partial charge in [0.2, 0.25) is 0 Å². The van der Waals surface area contributed by atoms with Gasteiger partial charge < -0.3 is 14.2 Å². The second-order valence-corrected chi connectivity index (χ2v) is 5.71.